The van der Waals surface area contributed by atoms with Gasteiger partial charge in [0.15, 0.2) is 6.29 Å². The van der Waals surface area contributed by atoms with Gasteiger partial charge in [0.05, 0.1) is 29.8 Å². The first-order valence-corrected chi connectivity index (χ1v) is 9.25. The van der Waals surface area contributed by atoms with E-state index in [1.165, 1.54) is 6.07 Å². The predicted octanol–water partition coefficient (Wildman–Crippen LogP) is 2.64. The highest BCUT2D eigenvalue weighted by molar-refractivity contribution is 5.84. The predicted molar refractivity (Wildman–Crippen MR) is 99.0 cm³/mol. The molecule has 1 aromatic rings. The Balaban J connectivity index is 1.89. The smallest absolute Gasteiger partial charge is 0.283 e. The number of hydrogen-bond acceptors (Lipinski definition) is 6. The van der Waals surface area contributed by atoms with Crippen LogP contribution in [0.25, 0.3) is 0 Å². The molecule has 1 amide bonds. The lowest BCUT2D eigenvalue weighted by molar-refractivity contribution is -0.385. The van der Waals surface area contributed by atoms with E-state index < -0.39 is 4.92 Å². The minimum Gasteiger partial charge on any atom is -0.493 e. The average Bonchev–Trinajstić information content (AvgIpc) is 3.16. The first-order valence-electron chi connectivity index (χ1n) is 9.25. The van der Waals surface area contributed by atoms with E-state index in [1.807, 2.05) is 0 Å². The number of carbonyl (C=O) groups excluding carboxylic acids is 2. The fraction of sp³-hybridized carbons (Fsp3) is 0.579. The number of carbonyl (C=O) groups is 2. The summed E-state index contributed by atoms with van der Waals surface area (Å²) in [6, 6.07) is 3.02. The normalized spacial score (nSPS) is 14.1. The molecule has 0 radical (unpaired) electrons. The third-order valence-corrected chi connectivity index (χ3v) is 4.88. The summed E-state index contributed by atoms with van der Waals surface area (Å²) in [7, 11) is 0. The number of aldehydes is 1. The topological polar surface area (TPSA) is 110 Å². The Morgan fingerprint density at radius 3 is 2.70 bits per heavy atom. The molecule has 0 spiro atoms. The number of nitrogens with zero attached hydrogens (tertiary/aromatic N) is 2. The number of hydrogen-bond donors (Lipinski definition) is 1. The number of amides is 1. The van der Waals surface area contributed by atoms with Crippen LogP contribution in [-0.2, 0) is 4.79 Å². The second kappa shape index (κ2) is 10.0. The molecule has 0 aromatic heterocycles. The van der Waals surface area contributed by atoms with E-state index in [0.717, 1.165) is 25.7 Å². The molecule has 0 atom stereocenters. The van der Waals surface area contributed by atoms with Crippen LogP contribution < -0.4 is 4.74 Å². The zero-order valence-corrected chi connectivity index (χ0v) is 15.6. The van der Waals surface area contributed by atoms with E-state index in [9.17, 15) is 24.8 Å². The summed E-state index contributed by atoms with van der Waals surface area (Å²) in [5.41, 5.74) is 0.228. The van der Waals surface area contributed by atoms with Crippen molar-refractivity contribution in [1.29, 1.82) is 0 Å². The van der Waals surface area contributed by atoms with Gasteiger partial charge in [-0.15, -0.1) is 0 Å². The molecule has 0 bridgehead atoms. The monoisotopic (exact) mass is 378 g/mol. The summed E-state index contributed by atoms with van der Waals surface area (Å²) >= 11 is 0. The number of ether oxygens (including phenoxy) is 1. The van der Waals surface area contributed by atoms with Gasteiger partial charge in [-0.1, -0.05) is 12.8 Å². The van der Waals surface area contributed by atoms with Crippen molar-refractivity contribution >= 4 is 17.9 Å². The van der Waals surface area contributed by atoms with Crippen molar-refractivity contribution in [1.82, 2.24) is 4.90 Å². The van der Waals surface area contributed by atoms with Crippen LogP contribution in [0.1, 0.15) is 54.4 Å². The highest BCUT2D eigenvalue weighted by atomic mass is 16.6. The van der Waals surface area contributed by atoms with Crippen molar-refractivity contribution in [3.8, 4) is 5.75 Å². The molecule has 1 fully saturated rings. The van der Waals surface area contributed by atoms with E-state index >= 15 is 0 Å². The van der Waals surface area contributed by atoms with E-state index in [2.05, 4.69) is 0 Å². The van der Waals surface area contributed by atoms with Gasteiger partial charge in [-0.05, 0) is 37.8 Å². The van der Waals surface area contributed by atoms with Crippen LogP contribution in [0.4, 0.5) is 5.69 Å². The number of benzene rings is 1. The minimum absolute atomic E-state index is 0.00184. The number of nitro groups is 1. The van der Waals surface area contributed by atoms with Gasteiger partial charge in [0.2, 0.25) is 5.91 Å². The first-order chi connectivity index (χ1) is 13.0. The molecule has 148 valence electrons. The van der Waals surface area contributed by atoms with Crippen LogP contribution in [-0.4, -0.2) is 52.9 Å². The Bertz CT molecular complexity index is 685. The molecule has 1 saturated carbocycles. The molecule has 27 heavy (non-hydrogen) atoms. The molecule has 0 aliphatic heterocycles. The summed E-state index contributed by atoms with van der Waals surface area (Å²) in [4.78, 5) is 35.7. The van der Waals surface area contributed by atoms with Crippen LogP contribution >= 0.6 is 0 Å². The number of aliphatic hydroxyl groups is 1. The van der Waals surface area contributed by atoms with Crippen molar-refractivity contribution in [2.24, 2.45) is 0 Å². The van der Waals surface area contributed by atoms with Gasteiger partial charge in [0.1, 0.15) is 5.75 Å². The zero-order valence-electron chi connectivity index (χ0n) is 15.6. The van der Waals surface area contributed by atoms with Crippen molar-refractivity contribution in [3.05, 3.63) is 33.4 Å². The number of nitro benzene ring substituents is 1. The summed E-state index contributed by atoms with van der Waals surface area (Å²) in [5, 5.41) is 20.3. The summed E-state index contributed by atoms with van der Waals surface area (Å²) in [5.74, 6) is 0.304. The molecule has 0 unspecified atom stereocenters. The fourth-order valence-electron chi connectivity index (χ4n) is 3.53. The summed E-state index contributed by atoms with van der Waals surface area (Å²) in [6.07, 6.45) is 5.41. The second-order valence-corrected chi connectivity index (χ2v) is 6.75. The largest absolute Gasteiger partial charge is 0.493 e. The van der Waals surface area contributed by atoms with Gasteiger partial charge in [0.25, 0.3) is 5.69 Å². The summed E-state index contributed by atoms with van der Waals surface area (Å²) < 4.78 is 5.55. The molecule has 1 aliphatic rings. The van der Waals surface area contributed by atoms with Crippen molar-refractivity contribution < 1.29 is 24.4 Å². The van der Waals surface area contributed by atoms with Gasteiger partial charge >= 0.3 is 0 Å². The Morgan fingerprint density at radius 1 is 1.41 bits per heavy atom. The Hall–Kier alpha value is -2.48. The Labute approximate surface area is 158 Å². The quantitative estimate of drug-likeness (QED) is 0.290. The van der Waals surface area contributed by atoms with Crippen LogP contribution in [0.15, 0.2) is 12.1 Å². The lowest BCUT2D eigenvalue weighted by Gasteiger charge is -2.28. The average molecular weight is 378 g/mol. The van der Waals surface area contributed by atoms with Crippen molar-refractivity contribution in [3.63, 3.8) is 0 Å². The first kappa shape index (κ1) is 20.8. The van der Waals surface area contributed by atoms with Gasteiger partial charge in [-0.3, -0.25) is 19.7 Å². The molecule has 1 N–H and O–H groups in total. The lowest BCUT2D eigenvalue weighted by atomic mass is 10.1. The maximum absolute atomic E-state index is 12.4. The maximum Gasteiger partial charge on any atom is 0.283 e. The highest BCUT2D eigenvalue weighted by Crippen LogP contribution is 2.27. The molecule has 8 nitrogen and oxygen atoms in total. The standard InChI is InChI=1S/C19H26N2O6/c1-14-11-16(12-18(21(25)26)17(14)13-23)27-10-4-7-19(24)20(8-9-22)15-5-2-3-6-15/h11-13,15,22H,2-10H2,1H3. The number of rotatable bonds is 10. The Morgan fingerprint density at radius 2 is 2.11 bits per heavy atom. The van der Waals surface area contributed by atoms with Crippen LogP contribution in [0.2, 0.25) is 0 Å². The molecule has 0 saturated heterocycles. The van der Waals surface area contributed by atoms with Gasteiger partial charge < -0.3 is 14.7 Å². The van der Waals surface area contributed by atoms with E-state index in [4.69, 9.17) is 4.74 Å². The molecular formula is C19H26N2O6. The van der Waals surface area contributed by atoms with Gasteiger partial charge in [-0.25, -0.2) is 0 Å². The van der Waals surface area contributed by atoms with E-state index in [0.29, 0.717) is 37.0 Å². The van der Waals surface area contributed by atoms with Gasteiger partial charge in [-0.2, -0.15) is 0 Å². The molecule has 8 heteroatoms. The molecule has 2 rings (SSSR count). The van der Waals surface area contributed by atoms with Crippen LogP contribution in [0, 0.1) is 17.0 Å². The third-order valence-electron chi connectivity index (χ3n) is 4.88. The van der Waals surface area contributed by atoms with Gasteiger partial charge in [0, 0.05) is 19.0 Å². The van der Waals surface area contributed by atoms with Crippen LogP contribution in [0.3, 0.4) is 0 Å². The lowest BCUT2D eigenvalue weighted by Crippen LogP contribution is -2.40. The van der Waals surface area contributed by atoms with Crippen molar-refractivity contribution in [2.45, 2.75) is 51.5 Å². The Kier molecular flexibility index (Phi) is 7.72. The second-order valence-electron chi connectivity index (χ2n) is 6.75. The highest BCUT2D eigenvalue weighted by Gasteiger charge is 2.25. The van der Waals surface area contributed by atoms with E-state index in [1.54, 1.807) is 17.9 Å². The molecular weight excluding hydrogens is 352 g/mol. The van der Waals surface area contributed by atoms with Crippen LogP contribution in [0.5, 0.6) is 5.75 Å². The fourth-order valence-corrected chi connectivity index (χ4v) is 3.53. The minimum atomic E-state index is -0.610. The molecule has 1 aromatic carbocycles. The SMILES string of the molecule is Cc1cc(OCCCC(=O)N(CCO)C2CCCC2)cc([N+](=O)[O-])c1C=O. The maximum atomic E-state index is 12.4. The number of aryl methyl sites for hydroxylation is 1. The van der Waals surface area contributed by atoms with E-state index in [-0.39, 0.29) is 36.4 Å². The van der Waals surface area contributed by atoms with Crippen molar-refractivity contribution in [2.75, 3.05) is 19.8 Å². The molecule has 1 aliphatic carbocycles. The summed E-state index contributed by atoms with van der Waals surface area (Å²) in [6.45, 7) is 2.15. The molecule has 0 heterocycles. The third kappa shape index (κ3) is 5.50. The number of aliphatic hydroxyl groups excluding tert-OH is 1. The zero-order chi connectivity index (χ0) is 19.8.